The van der Waals surface area contributed by atoms with Crippen LogP contribution in [0.4, 0.5) is 10.1 Å². The number of piperidine rings is 1. The summed E-state index contributed by atoms with van der Waals surface area (Å²) in [5.41, 5.74) is 6.99. The van der Waals surface area contributed by atoms with E-state index in [-0.39, 0.29) is 17.8 Å². The molecular weight excluding hydrogens is 345 g/mol. The van der Waals surface area contributed by atoms with E-state index in [4.69, 9.17) is 10.5 Å². The van der Waals surface area contributed by atoms with Gasteiger partial charge in [-0.05, 0) is 42.7 Å². The molecule has 1 fully saturated rings. The Balaban J connectivity index is 1.45. The number of anilines is 1. The van der Waals surface area contributed by atoms with Crippen molar-refractivity contribution in [1.82, 2.24) is 5.32 Å². The molecule has 27 heavy (non-hydrogen) atoms. The lowest BCUT2D eigenvalue weighted by Crippen LogP contribution is -2.45. The van der Waals surface area contributed by atoms with E-state index < -0.39 is 0 Å². The van der Waals surface area contributed by atoms with Crippen LogP contribution < -0.4 is 20.7 Å². The number of amides is 1. The highest BCUT2D eigenvalue weighted by Gasteiger charge is 2.22. The van der Waals surface area contributed by atoms with Crippen molar-refractivity contribution in [2.24, 2.45) is 5.73 Å². The van der Waals surface area contributed by atoms with E-state index >= 15 is 0 Å². The topological polar surface area (TPSA) is 67.6 Å². The van der Waals surface area contributed by atoms with Gasteiger partial charge in [0.2, 0.25) is 5.91 Å². The largest absolute Gasteiger partial charge is 0.492 e. The summed E-state index contributed by atoms with van der Waals surface area (Å²) < 4.78 is 19.3. The number of rotatable bonds is 7. The lowest BCUT2D eigenvalue weighted by Gasteiger charge is -2.34. The quantitative estimate of drug-likeness (QED) is 0.785. The predicted molar refractivity (Wildman–Crippen MR) is 104 cm³/mol. The number of hydrogen-bond donors (Lipinski definition) is 2. The number of nitrogens with one attached hydrogen (secondary N) is 1. The normalized spacial score (nSPS) is 14.8. The molecule has 6 heteroatoms. The first kappa shape index (κ1) is 19.2. The van der Waals surface area contributed by atoms with Gasteiger partial charge in [-0.25, -0.2) is 4.39 Å². The van der Waals surface area contributed by atoms with E-state index in [1.54, 1.807) is 12.1 Å². The SMILES string of the molecule is NCCOc1ccc(CC(=O)NC2CCN(c3ccccc3F)CC2)cc1. The first-order chi connectivity index (χ1) is 13.2. The molecule has 2 aromatic rings. The molecule has 0 unspecified atom stereocenters. The molecule has 3 rings (SSSR count). The second-order valence-electron chi connectivity index (χ2n) is 6.74. The summed E-state index contributed by atoms with van der Waals surface area (Å²) in [4.78, 5) is 14.4. The first-order valence-electron chi connectivity index (χ1n) is 9.36. The van der Waals surface area contributed by atoms with Crippen molar-refractivity contribution in [3.05, 3.63) is 59.9 Å². The Bertz CT molecular complexity index is 743. The summed E-state index contributed by atoms with van der Waals surface area (Å²) in [6.07, 6.45) is 1.96. The van der Waals surface area contributed by atoms with E-state index in [1.165, 1.54) is 6.07 Å². The minimum absolute atomic E-state index is 0.00923. The molecule has 0 saturated carbocycles. The zero-order valence-electron chi connectivity index (χ0n) is 15.4. The van der Waals surface area contributed by atoms with Crippen molar-refractivity contribution in [2.75, 3.05) is 31.1 Å². The van der Waals surface area contributed by atoms with Gasteiger partial charge in [-0.15, -0.1) is 0 Å². The Morgan fingerprint density at radius 1 is 1.15 bits per heavy atom. The third-order valence-corrected chi connectivity index (χ3v) is 4.73. The van der Waals surface area contributed by atoms with Gasteiger partial charge in [0.15, 0.2) is 0 Å². The Hall–Kier alpha value is -2.60. The van der Waals surface area contributed by atoms with E-state index in [9.17, 15) is 9.18 Å². The minimum atomic E-state index is -0.195. The molecule has 3 N–H and O–H groups in total. The fraction of sp³-hybridized carbons (Fsp3) is 0.381. The average molecular weight is 371 g/mol. The summed E-state index contributed by atoms with van der Waals surface area (Å²) in [7, 11) is 0. The van der Waals surface area contributed by atoms with Gasteiger partial charge < -0.3 is 20.7 Å². The van der Waals surface area contributed by atoms with Crippen molar-refractivity contribution in [1.29, 1.82) is 0 Å². The number of hydrogen-bond acceptors (Lipinski definition) is 4. The van der Waals surface area contributed by atoms with Gasteiger partial charge in [0.05, 0.1) is 12.1 Å². The van der Waals surface area contributed by atoms with Crippen LogP contribution in [0.2, 0.25) is 0 Å². The number of nitrogens with two attached hydrogens (primary N) is 1. The van der Waals surface area contributed by atoms with E-state index in [0.29, 0.717) is 25.3 Å². The van der Waals surface area contributed by atoms with Crippen molar-refractivity contribution >= 4 is 11.6 Å². The fourth-order valence-corrected chi connectivity index (χ4v) is 3.32. The van der Waals surface area contributed by atoms with Crippen molar-refractivity contribution < 1.29 is 13.9 Å². The highest BCUT2D eigenvalue weighted by Crippen LogP contribution is 2.23. The van der Waals surface area contributed by atoms with Gasteiger partial charge in [-0.2, -0.15) is 0 Å². The highest BCUT2D eigenvalue weighted by molar-refractivity contribution is 5.79. The Labute approximate surface area is 159 Å². The zero-order valence-corrected chi connectivity index (χ0v) is 15.4. The zero-order chi connectivity index (χ0) is 19.1. The maximum atomic E-state index is 13.9. The molecule has 1 aliphatic rings. The van der Waals surface area contributed by atoms with Crippen LogP contribution in [0.5, 0.6) is 5.75 Å². The fourth-order valence-electron chi connectivity index (χ4n) is 3.32. The van der Waals surface area contributed by atoms with Gasteiger partial charge in [0, 0.05) is 25.7 Å². The number of carbonyl (C=O) groups is 1. The summed E-state index contributed by atoms with van der Waals surface area (Å²) >= 11 is 0. The van der Waals surface area contributed by atoms with Crippen molar-refractivity contribution in [3.63, 3.8) is 0 Å². The molecule has 1 amide bonds. The van der Waals surface area contributed by atoms with E-state index in [2.05, 4.69) is 5.32 Å². The number of ether oxygens (including phenoxy) is 1. The van der Waals surface area contributed by atoms with Crippen LogP contribution in [0, 0.1) is 5.82 Å². The van der Waals surface area contributed by atoms with Gasteiger partial charge in [-0.3, -0.25) is 4.79 Å². The Morgan fingerprint density at radius 3 is 2.52 bits per heavy atom. The molecular formula is C21H26FN3O2. The molecule has 2 aromatic carbocycles. The molecule has 0 radical (unpaired) electrons. The number of halogens is 1. The molecule has 1 saturated heterocycles. The summed E-state index contributed by atoms with van der Waals surface area (Å²) in [6, 6.07) is 14.5. The molecule has 0 spiro atoms. The molecule has 144 valence electrons. The lowest BCUT2D eigenvalue weighted by atomic mass is 10.0. The Morgan fingerprint density at radius 2 is 1.85 bits per heavy atom. The number of nitrogens with zero attached hydrogens (tertiary/aromatic N) is 1. The van der Waals surface area contributed by atoms with E-state index in [1.807, 2.05) is 35.2 Å². The predicted octanol–water partition coefficient (Wildman–Crippen LogP) is 2.49. The van der Waals surface area contributed by atoms with Crippen LogP contribution in [0.1, 0.15) is 18.4 Å². The second kappa shape index (κ2) is 9.37. The van der Waals surface area contributed by atoms with Crippen LogP contribution in [0.25, 0.3) is 0 Å². The second-order valence-corrected chi connectivity index (χ2v) is 6.74. The molecule has 5 nitrogen and oxygen atoms in total. The molecule has 1 heterocycles. The highest BCUT2D eigenvalue weighted by atomic mass is 19.1. The molecule has 0 bridgehead atoms. The van der Waals surface area contributed by atoms with Crippen LogP contribution in [0.3, 0.4) is 0 Å². The maximum Gasteiger partial charge on any atom is 0.224 e. The smallest absolute Gasteiger partial charge is 0.224 e. The first-order valence-corrected chi connectivity index (χ1v) is 9.36. The van der Waals surface area contributed by atoms with Crippen LogP contribution in [-0.2, 0) is 11.2 Å². The molecule has 1 aliphatic heterocycles. The van der Waals surface area contributed by atoms with Gasteiger partial charge >= 0.3 is 0 Å². The molecule has 0 aromatic heterocycles. The summed E-state index contributed by atoms with van der Waals surface area (Å²) in [5.74, 6) is 0.568. The van der Waals surface area contributed by atoms with Gasteiger partial charge in [-0.1, -0.05) is 24.3 Å². The summed E-state index contributed by atoms with van der Waals surface area (Å²) in [6.45, 7) is 2.42. The Kier molecular flexibility index (Phi) is 6.65. The van der Waals surface area contributed by atoms with Crippen molar-refractivity contribution in [2.45, 2.75) is 25.3 Å². The van der Waals surface area contributed by atoms with Crippen molar-refractivity contribution in [3.8, 4) is 5.75 Å². The van der Waals surface area contributed by atoms with E-state index in [0.717, 1.165) is 37.2 Å². The number of carbonyl (C=O) groups excluding carboxylic acids is 1. The molecule has 0 atom stereocenters. The number of para-hydroxylation sites is 1. The monoisotopic (exact) mass is 371 g/mol. The third kappa shape index (κ3) is 5.44. The van der Waals surface area contributed by atoms with Crippen LogP contribution >= 0.6 is 0 Å². The maximum absolute atomic E-state index is 13.9. The summed E-state index contributed by atoms with van der Waals surface area (Å²) in [5, 5.41) is 3.10. The lowest BCUT2D eigenvalue weighted by molar-refractivity contribution is -0.121. The van der Waals surface area contributed by atoms with Gasteiger partial charge in [0.25, 0.3) is 0 Å². The van der Waals surface area contributed by atoms with Crippen LogP contribution in [-0.4, -0.2) is 38.2 Å². The third-order valence-electron chi connectivity index (χ3n) is 4.73. The standard InChI is InChI=1S/C21H26FN3O2/c22-19-3-1-2-4-20(19)25-12-9-17(10-13-25)24-21(26)15-16-5-7-18(8-6-16)27-14-11-23/h1-8,17H,9-15,23H2,(H,24,26). The van der Waals surface area contributed by atoms with Crippen LogP contribution in [0.15, 0.2) is 48.5 Å². The van der Waals surface area contributed by atoms with Gasteiger partial charge in [0.1, 0.15) is 18.2 Å². The number of benzene rings is 2. The molecule has 0 aliphatic carbocycles. The minimum Gasteiger partial charge on any atom is -0.492 e. The average Bonchev–Trinajstić information content (AvgIpc) is 2.68.